The van der Waals surface area contributed by atoms with Gasteiger partial charge in [-0.2, -0.15) is 5.26 Å². The van der Waals surface area contributed by atoms with Gasteiger partial charge >= 0.3 is 0 Å². The van der Waals surface area contributed by atoms with Gasteiger partial charge in [-0.3, -0.25) is 0 Å². The van der Waals surface area contributed by atoms with E-state index in [2.05, 4.69) is 154 Å². The molecule has 0 fully saturated rings. The molecule has 0 radical (unpaired) electrons. The number of nitrogens with zero attached hydrogens (tertiary/aromatic N) is 1. The van der Waals surface area contributed by atoms with Crippen LogP contribution in [0.3, 0.4) is 0 Å². The zero-order chi connectivity index (χ0) is 35.1. The molecule has 2 heteroatoms. The smallest absolute Gasteiger partial charge is 0.100 e. The number of thiophene rings is 1. The quantitative estimate of drug-likeness (QED) is 0.122. The summed E-state index contributed by atoms with van der Waals surface area (Å²) in [4.78, 5) is 0. The maximum absolute atomic E-state index is 10.2. The molecule has 1 nitrogen and oxygen atoms in total. The van der Waals surface area contributed by atoms with Gasteiger partial charge in [0.05, 0.1) is 5.56 Å². The standard InChI is InChI=1S/C49H35NS/c1-5-9-18-31(7-3)46-33(8-4)36(17-6-2)48(40-24-15-14-23-39(40)46)42-26-16-25-41-43-29-32(27-28-45(43)51-49(41)42)47-37-21-12-10-19-34(37)44(30-50)35-20-11-13-22-38(35)47/h5-29H,1,4H2,2-3H3/b17-6-,18-9-,31-7+. The van der Waals surface area contributed by atoms with E-state index >= 15 is 0 Å². The van der Waals surface area contributed by atoms with E-state index in [9.17, 15) is 5.26 Å². The van der Waals surface area contributed by atoms with Crippen molar-refractivity contribution in [1.29, 1.82) is 5.26 Å². The van der Waals surface area contributed by atoms with E-state index in [0.29, 0.717) is 0 Å². The summed E-state index contributed by atoms with van der Waals surface area (Å²) in [7, 11) is 0. The molecule has 0 aliphatic heterocycles. The number of fused-ring (bicyclic) bond motifs is 6. The molecular weight excluding hydrogens is 635 g/mol. The molecule has 0 saturated heterocycles. The SMILES string of the molecule is C=C/C=C\C(=C/C)c1c(C=C)c(/C=C\C)c(-c2cccc3c2sc2ccc(-c4c5ccccc5c(C#N)c5ccccc45)cc23)c2ccccc12. The zero-order valence-corrected chi connectivity index (χ0v) is 29.5. The van der Waals surface area contributed by atoms with Crippen molar-refractivity contribution in [3.63, 3.8) is 0 Å². The summed E-state index contributed by atoms with van der Waals surface area (Å²) >= 11 is 1.85. The van der Waals surface area contributed by atoms with E-state index < -0.39 is 0 Å². The highest BCUT2D eigenvalue weighted by molar-refractivity contribution is 7.26. The number of nitriles is 1. The van der Waals surface area contributed by atoms with Gasteiger partial charge in [0.2, 0.25) is 0 Å². The van der Waals surface area contributed by atoms with Crippen molar-refractivity contribution in [2.75, 3.05) is 0 Å². The Kier molecular flexibility index (Phi) is 8.28. The van der Waals surface area contributed by atoms with Crippen LogP contribution < -0.4 is 0 Å². The van der Waals surface area contributed by atoms with E-state index in [1.165, 1.54) is 47.6 Å². The van der Waals surface area contributed by atoms with Crippen molar-refractivity contribution >= 4 is 81.6 Å². The van der Waals surface area contributed by atoms with Gasteiger partial charge < -0.3 is 0 Å². The molecule has 7 aromatic carbocycles. The van der Waals surface area contributed by atoms with Gasteiger partial charge in [0.15, 0.2) is 0 Å². The molecule has 0 aliphatic carbocycles. The van der Waals surface area contributed by atoms with Crippen LogP contribution in [0.2, 0.25) is 0 Å². The minimum Gasteiger partial charge on any atom is -0.192 e. The maximum atomic E-state index is 10.2. The Morgan fingerprint density at radius 1 is 0.667 bits per heavy atom. The molecule has 1 heterocycles. The lowest BCUT2D eigenvalue weighted by molar-refractivity contribution is 1.51. The van der Waals surface area contributed by atoms with E-state index in [4.69, 9.17) is 0 Å². The van der Waals surface area contributed by atoms with Crippen LogP contribution in [0.4, 0.5) is 0 Å². The summed E-state index contributed by atoms with van der Waals surface area (Å²) < 4.78 is 2.50. The molecule has 0 unspecified atom stereocenters. The first-order valence-corrected chi connectivity index (χ1v) is 18.0. The summed E-state index contributed by atoms with van der Waals surface area (Å²) in [5, 5.41) is 19.2. The van der Waals surface area contributed by atoms with Crippen LogP contribution in [0.25, 0.3) is 92.5 Å². The van der Waals surface area contributed by atoms with Gasteiger partial charge in [0.1, 0.15) is 6.07 Å². The molecule has 0 saturated carbocycles. The van der Waals surface area contributed by atoms with E-state index in [0.717, 1.165) is 54.9 Å². The van der Waals surface area contributed by atoms with Crippen molar-refractivity contribution in [3.8, 4) is 28.3 Å². The van der Waals surface area contributed by atoms with Gasteiger partial charge in [-0.15, -0.1) is 11.3 Å². The first kappa shape index (κ1) is 32.0. The topological polar surface area (TPSA) is 23.8 Å². The van der Waals surface area contributed by atoms with Gasteiger partial charge in [0, 0.05) is 36.5 Å². The fourth-order valence-corrected chi connectivity index (χ4v) is 9.04. The number of hydrogen-bond acceptors (Lipinski definition) is 2. The largest absolute Gasteiger partial charge is 0.192 e. The van der Waals surface area contributed by atoms with E-state index in [-0.39, 0.29) is 0 Å². The Balaban J connectivity index is 1.44. The molecule has 0 aliphatic rings. The van der Waals surface area contributed by atoms with Crippen LogP contribution in [0.5, 0.6) is 0 Å². The van der Waals surface area contributed by atoms with Gasteiger partial charge in [-0.25, -0.2) is 0 Å². The third-order valence-electron chi connectivity index (χ3n) is 9.94. The molecule has 0 atom stereocenters. The van der Waals surface area contributed by atoms with E-state index in [1.807, 2.05) is 41.7 Å². The second-order valence-electron chi connectivity index (χ2n) is 12.6. The van der Waals surface area contributed by atoms with Gasteiger partial charge in [-0.1, -0.05) is 153 Å². The summed E-state index contributed by atoms with van der Waals surface area (Å²) in [6.45, 7) is 12.4. The third-order valence-corrected chi connectivity index (χ3v) is 11.2. The monoisotopic (exact) mass is 669 g/mol. The molecule has 0 amide bonds. The Morgan fingerprint density at radius 2 is 1.29 bits per heavy atom. The zero-order valence-electron chi connectivity index (χ0n) is 28.7. The number of rotatable bonds is 7. The van der Waals surface area contributed by atoms with Crippen molar-refractivity contribution in [1.82, 2.24) is 0 Å². The second-order valence-corrected chi connectivity index (χ2v) is 13.7. The molecule has 242 valence electrons. The van der Waals surface area contributed by atoms with Crippen molar-refractivity contribution in [2.45, 2.75) is 13.8 Å². The molecule has 0 spiro atoms. The van der Waals surface area contributed by atoms with Crippen molar-refractivity contribution < 1.29 is 0 Å². The summed E-state index contributed by atoms with van der Waals surface area (Å²) in [6.07, 6.45) is 14.5. The molecular formula is C49H35NS. The average molecular weight is 670 g/mol. The fourth-order valence-electron chi connectivity index (χ4n) is 7.84. The number of allylic oxidation sites excluding steroid dienone is 6. The van der Waals surface area contributed by atoms with Crippen LogP contribution in [0.15, 0.2) is 153 Å². The summed E-state index contributed by atoms with van der Waals surface area (Å²) in [5.74, 6) is 0. The Bertz CT molecular complexity index is 2810. The van der Waals surface area contributed by atoms with Crippen LogP contribution in [0, 0.1) is 11.3 Å². The lowest BCUT2D eigenvalue weighted by atomic mass is 9.82. The average Bonchev–Trinajstić information content (AvgIpc) is 3.55. The van der Waals surface area contributed by atoms with Crippen molar-refractivity contribution in [3.05, 3.63) is 175 Å². The molecule has 0 N–H and O–H groups in total. The Hall–Kier alpha value is -6.27. The predicted molar refractivity (Wildman–Crippen MR) is 225 cm³/mol. The highest BCUT2D eigenvalue weighted by Crippen LogP contribution is 2.48. The van der Waals surface area contributed by atoms with Gasteiger partial charge in [-0.05, 0) is 86.5 Å². The Labute approximate surface area is 302 Å². The van der Waals surface area contributed by atoms with E-state index in [1.54, 1.807) is 0 Å². The molecule has 51 heavy (non-hydrogen) atoms. The summed E-state index contributed by atoms with van der Waals surface area (Å²) in [6, 6.07) is 41.5. The van der Waals surface area contributed by atoms with Crippen LogP contribution in [0.1, 0.15) is 36.1 Å². The maximum Gasteiger partial charge on any atom is 0.100 e. The minimum atomic E-state index is 0.726. The van der Waals surface area contributed by atoms with Gasteiger partial charge in [0.25, 0.3) is 0 Å². The molecule has 0 bridgehead atoms. The third kappa shape index (κ3) is 5.06. The Morgan fingerprint density at radius 3 is 1.90 bits per heavy atom. The highest BCUT2D eigenvalue weighted by atomic mass is 32.1. The summed E-state index contributed by atoms with van der Waals surface area (Å²) in [5.41, 5.74) is 10.0. The van der Waals surface area contributed by atoms with Crippen LogP contribution in [-0.2, 0) is 0 Å². The molecule has 8 rings (SSSR count). The lowest BCUT2D eigenvalue weighted by Gasteiger charge is -2.21. The lowest BCUT2D eigenvalue weighted by Crippen LogP contribution is -1.98. The molecule has 1 aromatic heterocycles. The second kappa shape index (κ2) is 13.2. The number of hydrogen-bond donors (Lipinski definition) is 0. The fraction of sp³-hybridized carbons (Fsp3) is 0.0408. The van der Waals surface area contributed by atoms with Crippen molar-refractivity contribution in [2.24, 2.45) is 0 Å². The normalized spacial score (nSPS) is 12.2. The highest BCUT2D eigenvalue weighted by Gasteiger charge is 2.22. The predicted octanol–water partition coefficient (Wildman–Crippen LogP) is 14.5. The first-order chi connectivity index (χ1) is 25.1. The molecule has 8 aromatic rings. The number of benzene rings is 7. The first-order valence-electron chi connectivity index (χ1n) is 17.2. The minimum absolute atomic E-state index is 0.726. The van der Waals surface area contributed by atoms with Crippen LogP contribution in [-0.4, -0.2) is 0 Å². The van der Waals surface area contributed by atoms with Crippen LogP contribution >= 0.6 is 11.3 Å².